The maximum atomic E-state index is 12.3. The zero-order valence-electron chi connectivity index (χ0n) is 14.6. The second-order valence-electron chi connectivity index (χ2n) is 6.75. The molecule has 124 valence electrons. The van der Waals surface area contributed by atoms with E-state index in [9.17, 15) is 9.59 Å². The molecule has 4 heteroatoms. The fraction of sp³-hybridized carbons (Fsp3) is 0.882. The van der Waals surface area contributed by atoms with Crippen LogP contribution in [0.3, 0.4) is 0 Å². The fourth-order valence-corrected chi connectivity index (χ4v) is 2.06. The first-order valence-electron chi connectivity index (χ1n) is 8.03. The molecule has 4 nitrogen and oxygen atoms in total. The monoisotopic (exact) mass is 300 g/mol. The maximum Gasteiger partial charge on any atom is 0.310 e. The van der Waals surface area contributed by atoms with Crippen LogP contribution in [-0.2, 0) is 19.1 Å². The average molecular weight is 300 g/mol. The van der Waals surface area contributed by atoms with Crippen LogP contribution in [0.15, 0.2) is 0 Å². The first-order chi connectivity index (χ1) is 9.70. The van der Waals surface area contributed by atoms with Gasteiger partial charge in [0.1, 0.15) is 0 Å². The summed E-state index contributed by atoms with van der Waals surface area (Å²) in [6.45, 7) is 14.5. The number of hydrogen-bond acceptors (Lipinski definition) is 4. The molecule has 0 aromatic carbocycles. The van der Waals surface area contributed by atoms with E-state index >= 15 is 0 Å². The van der Waals surface area contributed by atoms with Gasteiger partial charge in [0.15, 0.2) is 0 Å². The van der Waals surface area contributed by atoms with Gasteiger partial charge < -0.3 is 9.47 Å². The highest BCUT2D eigenvalue weighted by atomic mass is 16.5. The number of carbonyl (C=O) groups is 2. The van der Waals surface area contributed by atoms with E-state index in [2.05, 4.69) is 0 Å². The lowest BCUT2D eigenvalue weighted by Crippen LogP contribution is -2.35. The summed E-state index contributed by atoms with van der Waals surface area (Å²) in [5.74, 6) is -0.841. The number of hydrogen-bond donors (Lipinski definition) is 0. The normalized spacial score (nSPS) is 15.7. The molecule has 3 atom stereocenters. The minimum absolute atomic E-state index is 0.0891. The van der Waals surface area contributed by atoms with Gasteiger partial charge in [-0.15, -0.1) is 0 Å². The van der Waals surface area contributed by atoms with Gasteiger partial charge >= 0.3 is 11.9 Å². The molecule has 0 aromatic heterocycles. The molecule has 3 unspecified atom stereocenters. The lowest BCUT2D eigenvalue weighted by molar-refractivity contribution is -0.163. The van der Waals surface area contributed by atoms with Crippen LogP contribution in [0.25, 0.3) is 0 Å². The number of esters is 2. The average Bonchev–Trinajstić information content (AvgIpc) is 2.41. The Morgan fingerprint density at radius 2 is 1.24 bits per heavy atom. The van der Waals surface area contributed by atoms with Crippen LogP contribution in [0, 0.1) is 29.6 Å². The number of ether oxygens (including phenoxy) is 2. The van der Waals surface area contributed by atoms with E-state index in [1.165, 1.54) is 0 Å². The molecule has 0 heterocycles. The number of carbonyl (C=O) groups excluding carboxylic acids is 2. The maximum absolute atomic E-state index is 12.3. The Labute approximate surface area is 129 Å². The van der Waals surface area contributed by atoms with E-state index in [-0.39, 0.29) is 29.7 Å². The predicted octanol–water partition coefficient (Wildman–Crippen LogP) is 3.68. The van der Waals surface area contributed by atoms with E-state index in [4.69, 9.17) is 9.47 Å². The topological polar surface area (TPSA) is 52.6 Å². The van der Waals surface area contributed by atoms with E-state index in [1.54, 1.807) is 6.92 Å². The molecule has 0 N–H and O–H groups in total. The van der Waals surface area contributed by atoms with Crippen molar-refractivity contribution in [1.29, 1.82) is 0 Å². The van der Waals surface area contributed by atoms with Crippen LogP contribution < -0.4 is 0 Å². The second-order valence-corrected chi connectivity index (χ2v) is 6.75. The van der Waals surface area contributed by atoms with Crippen molar-refractivity contribution in [1.82, 2.24) is 0 Å². The Bertz CT molecular complexity index is 323. The van der Waals surface area contributed by atoms with Gasteiger partial charge in [-0.05, 0) is 17.8 Å². The van der Waals surface area contributed by atoms with E-state index in [0.717, 1.165) is 6.42 Å². The summed E-state index contributed by atoms with van der Waals surface area (Å²) in [6.07, 6.45) is 0.823. The van der Waals surface area contributed by atoms with Crippen LogP contribution in [-0.4, -0.2) is 25.2 Å². The van der Waals surface area contributed by atoms with Gasteiger partial charge in [0.2, 0.25) is 0 Å². The largest absolute Gasteiger partial charge is 0.465 e. The number of rotatable bonds is 9. The fourth-order valence-electron chi connectivity index (χ4n) is 2.06. The summed E-state index contributed by atoms with van der Waals surface area (Å²) in [5.41, 5.74) is 0. The van der Waals surface area contributed by atoms with Crippen molar-refractivity contribution >= 4 is 11.9 Å². The Hall–Kier alpha value is -1.06. The Kier molecular flexibility index (Phi) is 9.31. The van der Waals surface area contributed by atoms with Crippen LogP contribution in [0.4, 0.5) is 0 Å². The lowest BCUT2D eigenvalue weighted by atomic mass is 9.82. The molecular weight excluding hydrogens is 268 g/mol. The molecular formula is C17H32O4. The van der Waals surface area contributed by atoms with Gasteiger partial charge in [0, 0.05) is 0 Å². The van der Waals surface area contributed by atoms with Crippen LogP contribution in [0.2, 0.25) is 0 Å². The second kappa shape index (κ2) is 9.80. The SMILES string of the molecule is CCC(C)C(C(=O)OCC(C)C)C(C)C(=O)OCC(C)C. The molecule has 0 aliphatic rings. The van der Waals surface area contributed by atoms with Crippen LogP contribution in [0.5, 0.6) is 0 Å². The van der Waals surface area contributed by atoms with Crippen molar-refractivity contribution in [3.05, 3.63) is 0 Å². The molecule has 0 saturated carbocycles. The van der Waals surface area contributed by atoms with E-state index in [0.29, 0.717) is 13.2 Å². The molecule has 0 saturated heterocycles. The molecule has 0 radical (unpaired) electrons. The minimum atomic E-state index is -0.474. The first-order valence-corrected chi connectivity index (χ1v) is 8.03. The third kappa shape index (κ3) is 7.49. The van der Waals surface area contributed by atoms with Crippen molar-refractivity contribution in [2.75, 3.05) is 13.2 Å². The van der Waals surface area contributed by atoms with Crippen molar-refractivity contribution in [3.8, 4) is 0 Å². The molecule has 0 aromatic rings. The highest BCUT2D eigenvalue weighted by Crippen LogP contribution is 2.26. The van der Waals surface area contributed by atoms with Crippen LogP contribution in [0.1, 0.15) is 54.9 Å². The summed E-state index contributed by atoms with van der Waals surface area (Å²) in [4.78, 5) is 24.4. The third-order valence-corrected chi connectivity index (χ3v) is 3.56. The van der Waals surface area contributed by atoms with Crippen molar-refractivity contribution in [3.63, 3.8) is 0 Å². The Morgan fingerprint density at radius 1 is 0.810 bits per heavy atom. The smallest absolute Gasteiger partial charge is 0.310 e. The van der Waals surface area contributed by atoms with Crippen molar-refractivity contribution in [2.45, 2.75) is 54.9 Å². The summed E-state index contributed by atoms with van der Waals surface area (Å²) in [5, 5.41) is 0. The third-order valence-electron chi connectivity index (χ3n) is 3.56. The molecule has 0 bridgehead atoms. The lowest BCUT2D eigenvalue weighted by Gasteiger charge is -2.26. The minimum Gasteiger partial charge on any atom is -0.465 e. The Balaban J connectivity index is 4.80. The molecule has 0 fully saturated rings. The van der Waals surface area contributed by atoms with Crippen molar-refractivity contribution in [2.24, 2.45) is 29.6 Å². The quantitative estimate of drug-likeness (QED) is 0.609. The molecule has 0 aliphatic heterocycles. The van der Waals surface area contributed by atoms with E-state index in [1.807, 2.05) is 41.5 Å². The molecule has 0 aliphatic carbocycles. The van der Waals surface area contributed by atoms with Crippen molar-refractivity contribution < 1.29 is 19.1 Å². The standard InChI is InChI=1S/C17H32O4/c1-8-13(6)15(17(19)21-10-12(4)5)14(7)16(18)20-9-11(2)3/h11-15H,8-10H2,1-7H3. The summed E-state index contributed by atoms with van der Waals surface area (Å²) in [7, 11) is 0. The highest BCUT2D eigenvalue weighted by Gasteiger charge is 2.36. The zero-order chi connectivity index (χ0) is 16.6. The zero-order valence-corrected chi connectivity index (χ0v) is 14.6. The van der Waals surface area contributed by atoms with Gasteiger partial charge in [-0.3, -0.25) is 9.59 Å². The molecule has 0 rings (SSSR count). The van der Waals surface area contributed by atoms with Gasteiger partial charge in [-0.25, -0.2) is 0 Å². The van der Waals surface area contributed by atoms with Gasteiger partial charge in [-0.1, -0.05) is 54.9 Å². The molecule has 0 spiro atoms. The molecule has 21 heavy (non-hydrogen) atoms. The highest BCUT2D eigenvalue weighted by molar-refractivity contribution is 5.82. The van der Waals surface area contributed by atoms with Gasteiger partial charge in [0.25, 0.3) is 0 Å². The first kappa shape index (κ1) is 19.9. The van der Waals surface area contributed by atoms with Gasteiger partial charge in [-0.2, -0.15) is 0 Å². The van der Waals surface area contributed by atoms with Gasteiger partial charge in [0.05, 0.1) is 25.0 Å². The summed E-state index contributed by atoms with van der Waals surface area (Å²) >= 11 is 0. The Morgan fingerprint density at radius 3 is 1.62 bits per heavy atom. The van der Waals surface area contributed by atoms with E-state index < -0.39 is 11.8 Å². The summed E-state index contributed by atoms with van der Waals surface area (Å²) < 4.78 is 10.6. The predicted molar refractivity (Wildman–Crippen MR) is 83.7 cm³/mol. The van der Waals surface area contributed by atoms with Crippen LogP contribution >= 0.6 is 0 Å². The molecule has 0 amide bonds. The summed E-state index contributed by atoms with van der Waals surface area (Å²) in [6, 6.07) is 0.